The van der Waals surface area contributed by atoms with Gasteiger partial charge in [-0.05, 0) is 57.1 Å². The highest BCUT2D eigenvalue weighted by atomic mass is 16.3. The summed E-state index contributed by atoms with van der Waals surface area (Å²) in [6.45, 7) is 2.12. The van der Waals surface area contributed by atoms with Crippen LogP contribution >= 0.6 is 0 Å². The minimum absolute atomic E-state index is 0.0439. The fourth-order valence-electron chi connectivity index (χ4n) is 3.71. The molecular formula is C30H47NO2. The van der Waals surface area contributed by atoms with E-state index in [1.807, 2.05) is 0 Å². The number of Topliss-reactive ketones (excluding diaryl/α,β-unsaturated/α-hetero) is 1. The van der Waals surface area contributed by atoms with Crippen molar-refractivity contribution in [2.24, 2.45) is 0 Å². The van der Waals surface area contributed by atoms with Crippen LogP contribution in [-0.4, -0.2) is 15.9 Å². The van der Waals surface area contributed by atoms with Crippen molar-refractivity contribution in [3.05, 3.63) is 72.1 Å². The SMILES string of the molecule is CC/C=C\C/C=C\C/C=C\C/C=C\CCCCCCCCCCCC(=O)c1ccc(CO)[nH]1. The highest BCUT2D eigenvalue weighted by Crippen LogP contribution is 2.13. The third-order valence-electron chi connectivity index (χ3n) is 5.71. The molecule has 0 saturated carbocycles. The zero-order chi connectivity index (χ0) is 23.8. The molecule has 0 aliphatic heterocycles. The lowest BCUT2D eigenvalue weighted by atomic mass is 10.0. The molecule has 0 unspecified atom stereocenters. The van der Waals surface area contributed by atoms with E-state index in [1.54, 1.807) is 12.1 Å². The fraction of sp³-hybridized carbons (Fsp3) is 0.567. The van der Waals surface area contributed by atoms with E-state index in [4.69, 9.17) is 5.11 Å². The Hall–Kier alpha value is -2.13. The minimum Gasteiger partial charge on any atom is -0.390 e. The maximum absolute atomic E-state index is 12.1. The molecule has 0 fully saturated rings. The van der Waals surface area contributed by atoms with Gasteiger partial charge in [-0.15, -0.1) is 0 Å². The Morgan fingerprint density at radius 1 is 0.727 bits per heavy atom. The van der Waals surface area contributed by atoms with E-state index in [0.29, 0.717) is 17.8 Å². The standard InChI is InChI=1S/C30H47NO2/c1-2-3-4-5-6-7-8-9-10-11-12-13-14-15-16-17-18-19-20-21-22-23-24-30(33)29-26-25-28(27-32)31-29/h3-4,6-7,9-10,12-13,25-26,31-32H,2,5,8,11,14-24,27H2,1H3/b4-3-,7-6-,10-9-,13-12-. The van der Waals surface area contributed by atoms with Crippen LogP contribution in [0.25, 0.3) is 0 Å². The fourth-order valence-corrected chi connectivity index (χ4v) is 3.71. The lowest BCUT2D eigenvalue weighted by Crippen LogP contribution is -1.99. The lowest BCUT2D eigenvalue weighted by molar-refractivity contribution is 0.0974. The molecule has 1 rings (SSSR count). The molecule has 0 bridgehead atoms. The van der Waals surface area contributed by atoms with Gasteiger partial charge in [0.25, 0.3) is 0 Å². The van der Waals surface area contributed by atoms with E-state index in [9.17, 15) is 4.79 Å². The first-order valence-corrected chi connectivity index (χ1v) is 13.2. The molecular weight excluding hydrogens is 406 g/mol. The number of H-pyrrole nitrogens is 1. The third-order valence-corrected chi connectivity index (χ3v) is 5.71. The van der Waals surface area contributed by atoms with Crippen LogP contribution in [0.2, 0.25) is 0 Å². The van der Waals surface area contributed by atoms with Crippen molar-refractivity contribution in [3.63, 3.8) is 0 Å². The maximum atomic E-state index is 12.1. The lowest BCUT2D eigenvalue weighted by Gasteiger charge is -2.02. The van der Waals surface area contributed by atoms with Crippen LogP contribution in [0.1, 0.15) is 119 Å². The average Bonchev–Trinajstić information content (AvgIpc) is 3.32. The first-order chi connectivity index (χ1) is 16.3. The molecule has 0 atom stereocenters. The molecule has 0 saturated heterocycles. The summed E-state index contributed by atoms with van der Waals surface area (Å²) in [6, 6.07) is 3.55. The molecule has 0 radical (unpaired) electrons. The number of nitrogens with one attached hydrogen (secondary N) is 1. The van der Waals surface area contributed by atoms with Crippen LogP contribution in [0.4, 0.5) is 0 Å². The molecule has 184 valence electrons. The Morgan fingerprint density at radius 2 is 1.24 bits per heavy atom. The summed E-state index contributed by atoms with van der Waals surface area (Å²) in [7, 11) is 0. The Balaban J connectivity index is 1.83. The van der Waals surface area contributed by atoms with Crippen molar-refractivity contribution in [1.29, 1.82) is 0 Å². The number of aromatic nitrogens is 1. The summed E-state index contributed by atoms with van der Waals surface area (Å²) in [6.07, 6.45) is 35.3. The van der Waals surface area contributed by atoms with Gasteiger partial charge < -0.3 is 10.1 Å². The number of aliphatic hydroxyl groups is 1. The van der Waals surface area contributed by atoms with Crippen molar-refractivity contribution < 1.29 is 9.90 Å². The molecule has 33 heavy (non-hydrogen) atoms. The first-order valence-electron chi connectivity index (χ1n) is 13.2. The van der Waals surface area contributed by atoms with Crippen LogP contribution in [0.3, 0.4) is 0 Å². The van der Waals surface area contributed by atoms with Crippen molar-refractivity contribution >= 4 is 5.78 Å². The Morgan fingerprint density at radius 3 is 1.79 bits per heavy atom. The number of aromatic amines is 1. The molecule has 0 amide bonds. The number of hydrogen-bond donors (Lipinski definition) is 2. The minimum atomic E-state index is -0.0439. The summed E-state index contributed by atoms with van der Waals surface area (Å²) in [5.74, 6) is 0.156. The monoisotopic (exact) mass is 453 g/mol. The summed E-state index contributed by atoms with van der Waals surface area (Å²) in [5, 5.41) is 9.04. The number of rotatable bonds is 21. The Bertz CT molecular complexity index is 709. The van der Waals surface area contributed by atoms with Gasteiger partial charge in [-0.3, -0.25) is 4.79 Å². The molecule has 2 N–H and O–H groups in total. The van der Waals surface area contributed by atoms with E-state index in [0.717, 1.165) is 38.5 Å². The number of carbonyl (C=O) groups is 1. The molecule has 1 aromatic rings. The highest BCUT2D eigenvalue weighted by Gasteiger charge is 2.07. The van der Waals surface area contributed by atoms with Gasteiger partial charge in [0.15, 0.2) is 5.78 Å². The van der Waals surface area contributed by atoms with Gasteiger partial charge in [0, 0.05) is 12.1 Å². The third kappa shape index (κ3) is 17.1. The summed E-state index contributed by atoms with van der Waals surface area (Å²) < 4.78 is 0. The zero-order valence-corrected chi connectivity index (χ0v) is 20.9. The van der Waals surface area contributed by atoms with Crippen molar-refractivity contribution in [2.75, 3.05) is 0 Å². The number of carbonyl (C=O) groups excluding carboxylic acids is 1. The molecule has 0 aromatic carbocycles. The van der Waals surface area contributed by atoms with Gasteiger partial charge >= 0.3 is 0 Å². The average molecular weight is 454 g/mol. The topological polar surface area (TPSA) is 53.1 Å². The molecule has 0 spiro atoms. The predicted molar refractivity (Wildman–Crippen MR) is 143 cm³/mol. The second-order valence-electron chi connectivity index (χ2n) is 8.70. The van der Waals surface area contributed by atoms with E-state index < -0.39 is 0 Å². The van der Waals surface area contributed by atoms with Crippen LogP contribution in [0, 0.1) is 0 Å². The van der Waals surface area contributed by atoms with Gasteiger partial charge in [0.05, 0.1) is 12.3 Å². The largest absolute Gasteiger partial charge is 0.390 e. The van der Waals surface area contributed by atoms with Crippen LogP contribution in [0.5, 0.6) is 0 Å². The molecule has 1 aromatic heterocycles. The van der Waals surface area contributed by atoms with Gasteiger partial charge in [0.2, 0.25) is 0 Å². The smallest absolute Gasteiger partial charge is 0.179 e. The molecule has 3 nitrogen and oxygen atoms in total. The van der Waals surface area contributed by atoms with E-state index in [-0.39, 0.29) is 12.4 Å². The Kier molecular flexibility index (Phi) is 19.0. The van der Waals surface area contributed by atoms with Crippen molar-refractivity contribution in [1.82, 2.24) is 4.98 Å². The number of ketones is 1. The van der Waals surface area contributed by atoms with Crippen molar-refractivity contribution in [3.8, 4) is 0 Å². The predicted octanol–water partition coefficient (Wildman–Crippen LogP) is 8.79. The van der Waals surface area contributed by atoms with E-state index in [2.05, 4.69) is 60.5 Å². The van der Waals surface area contributed by atoms with Crippen molar-refractivity contribution in [2.45, 2.75) is 110 Å². The first kappa shape index (κ1) is 28.9. The van der Waals surface area contributed by atoms with Gasteiger partial charge in [-0.1, -0.05) is 100 Å². The molecule has 0 aliphatic carbocycles. The Labute approximate surface area is 202 Å². The van der Waals surface area contributed by atoms with Crippen LogP contribution < -0.4 is 0 Å². The second-order valence-corrected chi connectivity index (χ2v) is 8.70. The number of aliphatic hydroxyl groups excluding tert-OH is 1. The zero-order valence-electron chi connectivity index (χ0n) is 20.9. The van der Waals surface area contributed by atoms with E-state index >= 15 is 0 Å². The van der Waals surface area contributed by atoms with Crippen LogP contribution in [-0.2, 0) is 6.61 Å². The van der Waals surface area contributed by atoms with Gasteiger partial charge in [0.1, 0.15) is 0 Å². The van der Waals surface area contributed by atoms with Crippen LogP contribution in [0.15, 0.2) is 60.7 Å². The number of hydrogen-bond acceptors (Lipinski definition) is 2. The number of allylic oxidation sites excluding steroid dienone is 8. The van der Waals surface area contributed by atoms with E-state index in [1.165, 1.54) is 51.4 Å². The molecule has 3 heteroatoms. The molecule has 1 heterocycles. The summed E-state index contributed by atoms with van der Waals surface area (Å²) in [5.41, 5.74) is 1.33. The quantitative estimate of drug-likeness (QED) is 0.111. The maximum Gasteiger partial charge on any atom is 0.179 e. The normalized spacial score (nSPS) is 12.3. The molecule has 0 aliphatic rings. The van der Waals surface area contributed by atoms with Gasteiger partial charge in [-0.25, -0.2) is 0 Å². The van der Waals surface area contributed by atoms with Gasteiger partial charge in [-0.2, -0.15) is 0 Å². The second kappa shape index (κ2) is 21.7. The summed E-state index contributed by atoms with van der Waals surface area (Å²) >= 11 is 0. The number of unbranched alkanes of at least 4 members (excludes halogenated alkanes) is 9. The summed E-state index contributed by atoms with van der Waals surface area (Å²) in [4.78, 5) is 15.0. The highest BCUT2D eigenvalue weighted by molar-refractivity contribution is 5.94.